The Morgan fingerprint density at radius 3 is 1.31 bits per heavy atom. The first-order valence-corrected chi connectivity index (χ1v) is 20.0. The average molecular weight is 757 g/mol. The molecule has 0 radical (unpaired) electrons. The van der Waals surface area contributed by atoms with Crippen molar-refractivity contribution >= 4 is 58.1 Å². The first kappa shape index (κ1) is 39.3. The lowest BCUT2D eigenvalue weighted by molar-refractivity contribution is -0.125. The van der Waals surface area contributed by atoms with Gasteiger partial charge in [0.25, 0.3) is 11.8 Å². The molecule has 10 atom stereocenters. The fraction of sp³-hybridized carbons (Fsp3) is 0.667. The summed E-state index contributed by atoms with van der Waals surface area (Å²) in [6.45, 7) is 19.4. The average Bonchev–Trinajstić information content (AvgIpc) is 3.92. The Hall–Kier alpha value is -3.92. The number of hydrogen-bond acceptors (Lipinski definition) is 12. The maximum atomic E-state index is 13.8. The highest BCUT2D eigenvalue weighted by molar-refractivity contribution is 7.10. The van der Waals surface area contributed by atoms with E-state index in [0.29, 0.717) is 22.9 Å². The van der Waals surface area contributed by atoms with E-state index in [1.807, 2.05) is 55.4 Å². The van der Waals surface area contributed by atoms with Gasteiger partial charge in [-0.2, -0.15) is 0 Å². The minimum atomic E-state index is -0.857. The molecule has 14 nitrogen and oxygen atoms in total. The largest absolute Gasteiger partial charge is 0.474 e. The van der Waals surface area contributed by atoms with Gasteiger partial charge in [-0.15, -0.1) is 22.7 Å². The molecule has 16 heteroatoms. The van der Waals surface area contributed by atoms with Crippen molar-refractivity contribution < 1.29 is 28.7 Å². The van der Waals surface area contributed by atoms with Gasteiger partial charge in [-0.05, 0) is 37.5 Å². The fourth-order valence-corrected chi connectivity index (χ4v) is 8.32. The Morgan fingerprint density at radius 1 is 0.615 bits per heavy atom. The number of amides is 4. The summed E-state index contributed by atoms with van der Waals surface area (Å²) < 4.78 is 12.3. The molecule has 3 aliphatic rings. The van der Waals surface area contributed by atoms with E-state index in [-0.39, 0.29) is 58.7 Å². The molecule has 8 bridgehead atoms. The maximum absolute atomic E-state index is 13.8. The van der Waals surface area contributed by atoms with Crippen LogP contribution in [0.25, 0.3) is 0 Å². The number of hydrogen-bond donors (Lipinski definition) is 4. The van der Waals surface area contributed by atoms with Gasteiger partial charge in [0.1, 0.15) is 45.7 Å². The minimum absolute atomic E-state index is 0.0604. The Morgan fingerprint density at radius 2 is 0.981 bits per heavy atom. The predicted octanol–water partition coefficient (Wildman–Crippen LogP) is 4.60. The summed E-state index contributed by atoms with van der Waals surface area (Å²) in [7, 11) is 0. The molecule has 2 aromatic rings. The Bertz CT molecular complexity index is 1580. The van der Waals surface area contributed by atoms with Gasteiger partial charge in [0.15, 0.2) is 12.1 Å². The molecule has 0 aromatic carbocycles. The topological polar surface area (TPSA) is 185 Å². The third-order valence-electron chi connectivity index (χ3n) is 10.1. The molecule has 0 spiro atoms. The lowest BCUT2D eigenvalue weighted by Crippen LogP contribution is -2.46. The van der Waals surface area contributed by atoms with E-state index < -0.39 is 60.3 Å². The normalized spacial score (nSPS) is 29.8. The molecule has 0 aliphatic carbocycles. The summed E-state index contributed by atoms with van der Waals surface area (Å²) >= 11 is 2.57. The minimum Gasteiger partial charge on any atom is -0.474 e. The molecule has 4 N–H and O–H groups in total. The van der Waals surface area contributed by atoms with Gasteiger partial charge >= 0.3 is 0 Å². The highest BCUT2D eigenvalue weighted by Gasteiger charge is 2.42. The van der Waals surface area contributed by atoms with Crippen LogP contribution in [0.2, 0.25) is 0 Å². The highest BCUT2D eigenvalue weighted by atomic mass is 32.1. The number of nitrogens with one attached hydrogen (secondary N) is 4. The number of ether oxygens (including phenoxy) is 2. The molecule has 0 saturated carbocycles. The number of nitrogens with zero attached hydrogens (tertiary/aromatic N) is 4. The van der Waals surface area contributed by atoms with Gasteiger partial charge in [-0.3, -0.25) is 19.2 Å². The zero-order valence-corrected chi connectivity index (χ0v) is 33.2. The van der Waals surface area contributed by atoms with E-state index in [0.717, 1.165) is 0 Å². The molecule has 3 aliphatic heterocycles. The summed E-state index contributed by atoms with van der Waals surface area (Å²) in [5, 5.41) is 16.8. The van der Waals surface area contributed by atoms with Gasteiger partial charge in [-0.25, -0.2) is 20.0 Å². The molecular formula is C36H52N8O6S2. The molecule has 0 fully saturated rings. The summed E-state index contributed by atoms with van der Waals surface area (Å²) in [5.74, 6) is -1.19. The van der Waals surface area contributed by atoms with Gasteiger partial charge in [0, 0.05) is 10.8 Å². The van der Waals surface area contributed by atoms with Crippen molar-refractivity contribution in [3.8, 4) is 0 Å². The van der Waals surface area contributed by atoms with E-state index in [2.05, 4.69) is 31.2 Å². The first-order chi connectivity index (χ1) is 24.6. The SMILES string of the molecule is CCC(C)[C@@H]1NC(=O)c2csc(n2)[C@@H](C(C)C)NC(=O)[C@H]2N=C(O[C@@H]2C)[C@H](C(C)CC)NC(=O)c2csc(n2)[C@@H](C(C)C)NC(=O)[C@H]2N=C1O[C@@H]2C. The molecule has 284 valence electrons. The van der Waals surface area contributed by atoms with Gasteiger partial charge < -0.3 is 30.7 Å². The summed E-state index contributed by atoms with van der Waals surface area (Å²) in [6, 6.07) is -3.92. The van der Waals surface area contributed by atoms with Crippen LogP contribution in [0.4, 0.5) is 0 Å². The quantitative estimate of drug-likeness (QED) is 0.330. The van der Waals surface area contributed by atoms with Crippen LogP contribution in [0.3, 0.4) is 0 Å². The van der Waals surface area contributed by atoms with Crippen molar-refractivity contribution in [2.75, 3.05) is 0 Å². The number of thiazole rings is 2. The standard InChI is InChI=1S/C36H52N8O6S2/c1-11-17(7)25-33-43-27(19(9)49-33)31(47)39-24(16(5)6)36-38-22(14-52-36)30(46)42-26(18(8)12-2)34-44-28(20(10)50-34)32(48)40-23(15(3)4)35-37-21(13-51-35)29(45)41-25/h13-20,23-28H,11-12H2,1-10H3,(H,39,47)(H,40,48)(H,41,45)(H,42,46)/t17?,18?,19-,20-,23-,24-,25+,26+,27+,28+/m1/s1. The number of aliphatic imine (C=N–C) groups is 2. The molecule has 2 unspecified atom stereocenters. The van der Waals surface area contributed by atoms with Gasteiger partial charge in [0.05, 0.1) is 12.1 Å². The van der Waals surface area contributed by atoms with Crippen LogP contribution in [0.5, 0.6) is 0 Å². The van der Waals surface area contributed by atoms with Crippen molar-refractivity contribution in [3.63, 3.8) is 0 Å². The number of fused-ring (bicyclic) bond motifs is 6. The van der Waals surface area contributed by atoms with Crippen molar-refractivity contribution in [2.45, 2.75) is 131 Å². The predicted molar refractivity (Wildman–Crippen MR) is 201 cm³/mol. The van der Waals surface area contributed by atoms with Crippen molar-refractivity contribution in [1.29, 1.82) is 0 Å². The second kappa shape index (κ2) is 16.4. The Kier molecular flexibility index (Phi) is 12.4. The first-order valence-electron chi connectivity index (χ1n) is 18.2. The Labute approximate surface area is 313 Å². The van der Waals surface area contributed by atoms with E-state index in [1.54, 1.807) is 24.6 Å². The van der Waals surface area contributed by atoms with Crippen LogP contribution in [0, 0.1) is 23.7 Å². The molecule has 52 heavy (non-hydrogen) atoms. The lowest BCUT2D eigenvalue weighted by Gasteiger charge is -2.24. The van der Waals surface area contributed by atoms with Crippen LogP contribution in [-0.2, 0) is 19.1 Å². The summed E-state index contributed by atoms with van der Waals surface area (Å²) in [6.07, 6.45) is 0.257. The van der Waals surface area contributed by atoms with Crippen LogP contribution >= 0.6 is 22.7 Å². The van der Waals surface area contributed by atoms with Crippen LogP contribution in [0.15, 0.2) is 20.7 Å². The van der Waals surface area contributed by atoms with Crippen LogP contribution in [-0.4, -0.2) is 81.8 Å². The number of carbonyl (C=O) groups is 4. The van der Waals surface area contributed by atoms with E-state index >= 15 is 0 Å². The maximum Gasteiger partial charge on any atom is 0.271 e. The highest BCUT2D eigenvalue weighted by Crippen LogP contribution is 2.30. The van der Waals surface area contributed by atoms with Crippen molar-refractivity contribution in [3.05, 3.63) is 32.2 Å². The molecule has 5 heterocycles. The van der Waals surface area contributed by atoms with Crippen molar-refractivity contribution in [2.24, 2.45) is 33.7 Å². The fourth-order valence-electron chi connectivity index (χ4n) is 6.28. The second-order valence-corrected chi connectivity index (χ2v) is 16.5. The van der Waals surface area contributed by atoms with Crippen molar-refractivity contribution in [1.82, 2.24) is 31.2 Å². The van der Waals surface area contributed by atoms with Crippen LogP contribution in [0.1, 0.15) is 125 Å². The summed E-state index contributed by atoms with van der Waals surface area (Å²) in [4.78, 5) is 73.7. The van der Waals surface area contributed by atoms with E-state index in [4.69, 9.17) is 19.5 Å². The second-order valence-electron chi connectivity index (χ2n) is 14.7. The Balaban J connectivity index is 1.55. The van der Waals surface area contributed by atoms with Crippen LogP contribution < -0.4 is 21.3 Å². The number of carbonyl (C=O) groups excluding carboxylic acids is 4. The monoisotopic (exact) mass is 756 g/mol. The molecular weight excluding hydrogens is 705 g/mol. The molecule has 0 saturated heterocycles. The zero-order valence-electron chi connectivity index (χ0n) is 31.6. The van der Waals surface area contributed by atoms with E-state index in [1.165, 1.54) is 22.7 Å². The summed E-state index contributed by atoms with van der Waals surface area (Å²) in [5.41, 5.74) is 0.410. The number of aromatic nitrogens is 2. The lowest BCUT2D eigenvalue weighted by atomic mass is 9.98. The number of rotatable bonds is 6. The third kappa shape index (κ3) is 8.32. The zero-order chi connectivity index (χ0) is 38.0. The molecule has 4 amide bonds. The third-order valence-corrected chi connectivity index (χ3v) is 11.9. The van der Waals surface area contributed by atoms with Gasteiger partial charge in [-0.1, -0.05) is 68.2 Å². The molecule has 2 aromatic heterocycles. The smallest absolute Gasteiger partial charge is 0.271 e. The van der Waals surface area contributed by atoms with E-state index in [9.17, 15) is 19.2 Å². The van der Waals surface area contributed by atoms with Gasteiger partial charge in [0.2, 0.25) is 23.6 Å². The molecule has 5 rings (SSSR count).